The average molecular weight is 254 g/mol. The van der Waals surface area contributed by atoms with Crippen molar-refractivity contribution in [3.05, 3.63) is 0 Å². The van der Waals surface area contributed by atoms with Crippen LogP contribution >= 0.6 is 0 Å². The molecule has 0 aromatic carbocycles. The Kier molecular flexibility index (Phi) is 4.62. The molecule has 1 saturated carbocycles. The molecule has 104 valence electrons. The number of hydrogen-bond acceptors (Lipinski definition) is 3. The van der Waals surface area contributed by atoms with Crippen LogP contribution < -0.4 is 11.1 Å². The van der Waals surface area contributed by atoms with E-state index in [1.54, 1.807) is 0 Å². The van der Waals surface area contributed by atoms with Crippen LogP contribution in [-0.4, -0.2) is 31.7 Å². The maximum absolute atomic E-state index is 12.5. The van der Waals surface area contributed by atoms with Crippen LogP contribution in [0.25, 0.3) is 0 Å². The van der Waals surface area contributed by atoms with Crippen molar-refractivity contribution < 1.29 is 9.53 Å². The Hall–Kier alpha value is -0.610. The molecule has 3 N–H and O–H groups in total. The van der Waals surface area contributed by atoms with E-state index in [4.69, 9.17) is 10.5 Å². The third kappa shape index (κ3) is 3.04. The third-order valence-corrected chi connectivity index (χ3v) is 4.59. The minimum absolute atomic E-state index is 0.160. The lowest BCUT2D eigenvalue weighted by molar-refractivity contribution is -0.137. The molecule has 2 fully saturated rings. The number of ether oxygens (including phenoxy) is 1. The van der Waals surface area contributed by atoms with E-state index in [1.165, 1.54) is 12.8 Å². The van der Waals surface area contributed by atoms with Crippen molar-refractivity contribution in [3.8, 4) is 0 Å². The monoisotopic (exact) mass is 254 g/mol. The lowest BCUT2D eigenvalue weighted by atomic mass is 9.78. The van der Waals surface area contributed by atoms with Gasteiger partial charge in [-0.3, -0.25) is 4.79 Å². The second kappa shape index (κ2) is 6.02. The quantitative estimate of drug-likeness (QED) is 0.801. The molecule has 1 aliphatic carbocycles. The fourth-order valence-electron chi connectivity index (χ4n) is 3.19. The highest BCUT2D eigenvalue weighted by Crippen LogP contribution is 2.31. The molecule has 4 nitrogen and oxygen atoms in total. The molecule has 2 aliphatic rings. The lowest BCUT2D eigenvalue weighted by Gasteiger charge is -2.37. The molecular formula is C14H26N2O2. The fraction of sp³-hybridized carbons (Fsp3) is 0.929. The maximum atomic E-state index is 12.5. The van der Waals surface area contributed by atoms with E-state index in [2.05, 4.69) is 12.2 Å². The second-order valence-corrected chi connectivity index (χ2v) is 6.04. The normalized spacial score (nSPS) is 31.9. The van der Waals surface area contributed by atoms with Crippen LogP contribution in [0.3, 0.4) is 0 Å². The molecule has 4 heteroatoms. The maximum Gasteiger partial charge on any atom is 0.227 e. The minimum atomic E-state index is -0.376. The molecule has 1 aliphatic heterocycles. The Bertz CT molecular complexity index is 288. The zero-order valence-electron chi connectivity index (χ0n) is 11.4. The molecule has 2 unspecified atom stereocenters. The molecule has 1 amide bonds. The summed E-state index contributed by atoms with van der Waals surface area (Å²) in [6.45, 7) is 4.02. The Morgan fingerprint density at radius 3 is 2.72 bits per heavy atom. The van der Waals surface area contributed by atoms with Crippen LogP contribution in [0.5, 0.6) is 0 Å². The van der Waals surface area contributed by atoms with E-state index in [0.29, 0.717) is 25.8 Å². The highest BCUT2D eigenvalue weighted by molar-refractivity contribution is 5.83. The predicted molar refractivity (Wildman–Crippen MR) is 71.1 cm³/mol. The fourth-order valence-corrected chi connectivity index (χ4v) is 3.19. The van der Waals surface area contributed by atoms with Gasteiger partial charge >= 0.3 is 0 Å². The standard InChI is InChI=1S/C14H26N2O2/c1-11-3-2-4-12(9-11)16-13(17)14(10-15)5-7-18-8-6-14/h11-12H,2-10,15H2,1H3,(H,16,17). The summed E-state index contributed by atoms with van der Waals surface area (Å²) < 4.78 is 5.35. The molecule has 2 atom stereocenters. The number of nitrogens with two attached hydrogens (primary N) is 1. The van der Waals surface area contributed by atoms with E-state index in [-0.39, 0.29) is 11.3 Å². The minimum Gasteiger partial charge on any atom is -0.381 e. The number of nitrogens with one attached hydrogen (secondary N) is 1. The molecule has 1 saturated heterocycles. The molecule has 2 rings (SSSR count). The third-order valence-electron chi connectivity index (χ3n) is 4.59. The van der Waals surface area contributed by atoms with Crippen LogP contribution in [0.1, 0.15) is 45.4 Å². The number of carbonyl (C=O) groups is 1. The first kappa shape index (κ1) is 13.8. The van der Waals surface area contributed by atoms with E-state index >= 15 is 0 Å². The highest BCUT2D eigenvalue weighted by Gasteiger charge is 2.39. The Balaban J connectivity index is 1.92. The first-order valence-corrected chi connectivity index (χ1v) is 7.25. The summed E-state index contributed by atoms with van der Waals surface area (Å²) in [7, 11) is 0. The van der Waals surface area contributed by atoms with Gasteiger partial charge in [0.2, 0.25) is 5.91 Å². The van der Waals surface area contributed by atoms with Gasteiger partial charge in [-0.05, 0) is 31.6 Å². The molecule has 0 aromatic heterocycles. The summed E-state index contributed by atoms with van der Waals surface area (Å²) in [5, 5.41) is 3.24. The Morgan fingerprint density at radius 2 is 2.11 bits per heavy atom. The van der Waals surface area contributed by atoms with E-state index in [9.17, 15) is 4.79 Å². The van der Waals surface area contributed by atoms with Crippen LogP contribution in [0.4, 0.5) is 0 Å². The molecule has 1 heterocycles. The summed E-state index contributed by atoms with van der Waals surface area (Å²) in [5.74, 6) is 0.889. The van der Waals surface area contributed by atoms with Crippen molar-refractivity contribution in [2.45, 2.75) is 51.5 Å². The molecule has 0 bridgehead atoms. The smallest absolute Gasteiger partial charge is 0.227 e. The highest BCUT2D eigenvalue weighted by atomic mass is 16.5. The zero-order valence-corrected chi connectivity index (χ0v) is 11.4. The van der Waals surface area contributed by atoms with Crippen molar-refractivity contribution in [3.63, 3.8) is 0 Å². The summed E-state index contributed by atoms with van der Waals surface area (Å²) in [5.41, 5.74) is 5.48. The summed E-state index contributed by atoms with van der Waals surface area (Å²) in [6.07, 6.45) is 6.28. The topological polar surface area (TPSA) is 64.4 Å². The molecule has 0 radical (unpaired) electrons. The van der Waals surface area contributed by atoms with Gasteiger partial charge in [0.1, 0.15) is 0 Å². The molecule has 18 heavy (non-hydrogen) atoms. The SMILES string of the molecule is CC1CCCC(NC(=O)C2(CN)CCOCC2)C1. The zero-order chi connectivity index (χ0) is 13.0. The van der Waals surface area contributed by atoms with Gasteiger partial charge in [0.05, 0.1) is 5.41 Å². The molecular weight excluding hydrogens is 228 g/mol. The lowest BCUT2D eigenvalue weighted by Crippen LogP contribution is -2.52. The largest absolute Gasteiger partial charge is 0.381 e. The van der Waals surface area contributed by atoms with Gasteiger partial charge in [0.25, 0.3) is 0 Å². The Morgan fingerprint density at radius 1 is 1.39 bits per heavy atom. The Labute approximate surface area is 110 Å². The van der Waals surface area contributed by atoms with Crippen LogP contribution in [0, 0.1) is 11.3 Å². The predicted octanol–water partition coefficient (Wildman–Crippen LogP) is 1.44. The molecule has 0 spiro atoms. The van der Waals surface area contributed by atoms with Gasteiger partial charge in [-0.15, -0.1) is 0 Å². The second-order valence-electron chi connectivity index (χ2n) is 6.04. The van der Waals surface area contributed by atoms with E-state index in [0.717, 1.165) is 31.6 Å². The van der Waals surface area contributed by atoms with Gasteiger partial charge in [-0.2, -0.15) is 0 Å². The summed E-state index contributed by atoms with van der Waals surface area (Å²) in [4.78, 5) is 12.5. The van der Waals surface area contributed by atoms with Crippen molar-refractivity contribution in [2.24, 2.45) is 17.1 Å². The first-order valence-electron chi connectivity index (χ1n) is 7.25. The number of hydrogen-bond donors (Lipinski definition) is 2. The average Bonchev–Trinajstić information content (AvgIpc) is 2.39. The van der Waals surface area contributed by atoms with Gasteiger partial charge in [0, 0.05) is 25.8 Å². The first-order chi connectivity index (χ1) is 8.66. The van der Waals surface area contributed by atoms with Crippen LogP contribution in [0.15, 0.2) is 0 Å². The van der Waals surface area contributed by atoms with E-state index in [1.807, 2.05) is 0 Å². The van der Waals surface area contributed by atoms with Gasteiger partial charge in [-0.1, -0.05) is 19.8 Å². The van der Waals surface area contributed by atoms with Crippen LogP contribution in [-0.2, 0) is 9.53 Å². The van der Waals surface area contributed by atoms with Crippen molar-refractivity contribution in [1.82, 2.24) is 5.32 Å². The summed E-state index contributed by atoms with van der Waals surface area (Å²) in [6, 6.07) is 0.354. The number of rotatable bonds is 3. The van der Waals surface area contributed by atoms with Gasteiger partial charge in [0.15, 0.2) is 0 Å². The summed E-state index contributed by atoms with van der Waals surface area (Å²) >= 11 is 0. The van der Waals surface area contributed by atoms with Crippen LogP contribution in [0.2, 0.25) is 0 Å². The van der Waals surface area contributed by atoms with E-state index < -0.39 is 0 Å². The van der Waals surface area contributed by atoms with Gasteiger partial charge < -0.3 is 15.8 Å². The van der Waals surface area contributed by atoms with Crippen molar-refractivity contribution in [1.29, 1.82) is 0 Å². The van der Waals surface area contributed by atoms with Crippen molar-refractivity contribution >= 4 is 5.91 Å². The molecule has 0 aromatic rings. The number of amides is 1. The van der Waals surface area contributed by atoms with Gasteiger partial charge in [-0.25, -0.2) is 0 Å². The number of carbonyl (C=O) groups excluding carboxylic acids is 1. The van der Waals surface area contributed by atoms with Crippen molar-refractivity contribution in [2.75, 3.05) is 19.8 Å².